The smallest absolute Gasteiger partial charge is 0.257 e. The van der Waals surface area contributed by atoms with Crippen LogP contribution in [-0.2, 0) is 5.75 Å². The molecule has 0 aliphatic heterocycles. The molecular formula is C12H9BrN2OS2. The summed E-state index contributed by atoms with van der Waals surface area (Å²) in [6, 6.07) is 7.61. The van der Waals surface area contributed by atoms with E-state index in [0.29, 0.717) is 10.9 Å². The standard InChI is InChI=1S/C12H9BrN2OS2/c13-7-3-9(17-5-7)6-18-12-15-10-2-1-8(14)4-11(10)16-12/h1-5H,6,14H2. The number of anilines is 1. The van der Waals surface area contributed by atoms with Gasteiger partial charge in [-0.05, 0) is 34.1 Å². The number of benzene rings is 1. The average Bonchev–Trinajstić information content (AvgIpc) is 2.92. The molecule has 1 aromatic carbocycles. The van der Waals surface area contributed by atoms with Crippen molar-refractivity contribution in [1.29, 1.82) is 0 Å². The Morgan fingerprint density at radius 2 is 2.28 bits per heavy atom. The number of oxazole rings is 1. The van der Waals surface area contributed by atoms with Crippen molar-refractivity contribution >= 4 is 55.8 Å². The number of nitrogen functional groups attached to an aromatic ring is 1. The number of thioether (sulfide) groups is 1. The first-order chi connectivity index (χ1) is 8.70. The summed E-state index contributed by atoms with van der Waals surface area (Å²) >= 11 is 6.75. The van der Waals surface area contributed by atoms with Crippen molar-refractivity contribution in [2.45, 2.75) is 11.0 Å². The zero-order chi connectivity index (χ0) is 12.5. The quantitative estimate of drug-likeness (QED) is 0.562. The second kappa shape index (κ2) is 4.95. The van der Waals surface area contributed by atoms with Gasteiger partial charge in [0, 0.05) is 32.2 Å². The lowest BCUT2D eigenvalue weighted by atomic mass is 10.3. The van der Waals surface area contributed by atoms with E-state index in [1.165, 1.54) is 4.88 Å². The molecule has 0 spiro atoms. The van der Waals surface area contributed by atoms with E-state index < -0.39 is 0 Å². The highest BCUT2D eigenvalue weighted by atomic mass is 79.9. The van der Waals surface area contributed by atoms with Crippen molar-refractivity contribution in [2.75, 3.05) is 5.73 Å². The molecule has 3 nitrogen and oxygen atoms in total. The largest absolute Gasteiger partial charge is 0.431 e. The van der Waals surface area contributed by atoms with Gasteiger partial charge in [0.25, 0.3) is 5.22 Å². The zero-order valence-electron chi connectivity index (χ0n) is 9.22. The summed E-state index contributed by atoms with van der Waals surface area (Å²) in [5.41, 5.74) is 7.98. The van der Waals surface area contributed by atoms with E-state index in [0.717, 1.165) is 21.3 Å². The number of thiophene rings is 1. The van der Waals surface area contributed by atoms with E-state index in [9.17, 15) is 0 Å². The number of hydrogen-bond acceptors (Lipinski definition) is 5. The number of aromatic nitrogens is 1. The Labute approximate surface area is 121 Å². The van der Waals surface area contributed by atoms with Crippen LogP contribution in [-0.4, -0.2) is 4.98 Å². The molecule has 0 unspecified atom stereocenters. The molecule has 0 fully saturated rings. The van der Waals surface area contributed by atoms with Gasteiger partial charge in [-0.15, -0.1) is 11.3 Å². The average molecular weight is 341 g/mol. The molecule has 0 amide bonds. The highest BCUT2D eigenvalue weighted by molar-refractivity contribution is 9.10. The van der Waals surface area contributed by atoms with Gasteiger partial charge in [-0.2, -0.15) is 0 Å². The molecule has 0 saturated carbocycles. The van der Waals surface area contributed by atoms with Crippen molar-refractivity contribution < 1.29 is 4.42 Å². The van der Waals surface area contributed by atoms with Crippen LogP contribution in [0, 0.1) is 0 Å². The maximum atomic E-state index is 5.70. The number of hydrogen-bond donors (Lipinski definition) is 1. The minimum absolute atomic E-state index is 0.681. The Kier molecular flexibility index (Phi) is 3.32. The molecule has 0 aliphatic rings. The van der Waals surface area contributed by atoms with Gasteiger partial charge in [0.1, 0.15) is 5.52 Å². The predicted molar refractivity (Wildman–Crippen MR) is 80.0 cm³/mol. The molecule has 92 valence electrons. The van der Waals surface area contributed by atoms with Crippen LogP contribution in [0.2, 0.25) is 0 Å². The Morgan fingerprint density at radius 3 is 3.06 bits per heavy atom. The zero-order valence-corrected chi connectivity index (χ0v) is 12.4. The molecule has 0 saturated heterocycles. The van der Waals surface area contributed by atoms with E-state index in [1.807, 2.05) is 12.1 Å². The van der Waals surface area contributed by atoms with Gasteiger partial charge in [-0.25, -0.2) is 4.98 Å². The van der Waals surface area contributed by atoms with Crippen molar-refractivity contribution in [3.05, 3.63) is 39.0 Å². The fourth-order valence-electron chi connectivity index (χ4n) is 1.54. The van der Waals surface area contributed by atoms with Gasteiger partial charge in [-0.1, -0.05) is 11.8 Å². The molecule has 0 bridgehead atoms. The highest BCUT2D eigenvalue weighted by Gasteiger charge is 2.07. The number of rotatable bonds is 3. The molecule has 6 heteroatoms. The van der Waals surface area contributed by atoms with E-state index >= 15 is 0 Å². The molecule has 2 heterocycles. The Morgan fingerprint density at radius 1 is 1.39 bits per heavy atom. The number of halogens is 1. The van der Waals surface area contributed by atoms with Gasteiger partial charge < -0.3 is 10.2 Å². The Balaban J connectivity index is 1.78. The first-order valence-corrected chi connectivity index (χ1v) is 7.88. The van der Waals surface area contributed by atoms with Crippen LogP contribution in [0.1, 0.15) is 4.88 Å². The van der Waals surface area contributed by atoms with E-state index in [-0.39, 0.29) is 0 Å². The molecule has 3 rings (SSSR count). The van der Waals surface area contributed by atoms with Crippen molar-refractivity contribution in [2.24, 2.45) is 0 Å². The van der Waals surface area contributed by atoms with Crippen LogP contribution in [0.4, 0.5) is 5.69 Å². The van der Waals surface area contributed by atoms with E-state index in [2.05, 4.69) is 32.4 Å². The fraction of sp³-hybridized carbons (Fsp3) is 0.0833. The van der Waals surface area contributed by atoms with Gasteiger partial charge in [0.05, 0.1) is 0 Å². The summed E-state index contributed by atoms with van der Waals surface area (Å²) in [5, 5.41) is 2.75. The maximum Gasteiger partial charge on any atom is 0.257 e. The second-order valence-corrected chi connectivity index (χ2v) is 6.56. The molecule has 0 atom stereocenters. The first kappa shape index (κ1) is 12.1. The summed E-state index contributed by atoms with van der Waals surface area (Å²) in [6.45, 7) is 0. The van der Waals surface area contributed by atoms with Crippen LogP contribution in [0.25, 0.3) is 11.1 Å². The van der Waals surface area contributed by atoms with Crippen LogP contribution in [0.15, 0.2) is 43.8 Å². The van der Waals surface area contributed by atoms with Gasteiger partial charge in [0.15, 0.2) is 5.58 Å². The number of nitrogens with zero attached hydrogens (tertiary/aromatic N) is 1. The Bertz CT molecular complexity index is 692. The third-order valence-electron chi connectivity index (χ3n) is 2.35. The van der Waals surface area contributed by atoms with Crippen LogP contribution in [0.5, 0.6) is 0 Å². The number of nitrogens with two attached hydrogens (primary N) is 1. The summed E-state index contributed by atoms with van der Waals surface area (Å²) < 4.78 is 6.76. The summed E-state index contributed by atoms with van der Waals surface area (Å²) in [5.74, 6) is 0.860. The maximum absolute atomic E-state index is 5.70. The number of fused-ring (bicyclic) bond motifs is 1. The van der Waals surface area contributed by atoms with Crippen molar-refractivity contribution in [3.63, 3.8) is 0 Å². The lowest BCUT2D eigenvalue weighted by Crippen LogP contribution is -1.81. The monoisotopic (exact) mass is 340 g/mol. The Hall–Kier alpha value is -0.980. The molecule has 18 heavy (non-hydrogen) atoms. The van der Waals surface area contributed by atoms with E-state index in [1.54, 1.807) is 29.2 Å². The molecule has 0 aliphatic carbocycles. The second-order valence-electron chi connectivity index (χ2n) is 3.73. The normalized spacial score (nSPS) is 11.2. The lowest BCUT2D eigenvalue weighted by Gasteiger charge is -1.92. The molecular weight excluding hydrogens is 332 g/mol. The summed E-state index contributed by atoms with van der Waals surface area (Å²) in [4.78, 5) is 5.70. The summed E-state index contributed by atoms with van der Waals surface area (Å²) in [6.07, 6.45) is 0. The summed E-state index contributed by atoms with van der Waals surface area (Å²) in [7, 11) is 0. The fourth-order valence-corrected chi connectivity index (χ4v) is 3.89. The third-order valence-corrected chi connectivity index (χ3v) is 5.11. The molecule has 2 aromatic heterocycles. The topological polar surface area (TPSA) is 52.0 Å². The van der Waals surface area contributed by atoms with Crippen molar-refractivity contribution in [1.82, 2.24) is 4.98 Å². The van der Waals surface area contributed by atoms with Crippen LogP contribution >= 0.6 is 39.0 Å². The van der Waals surface area contributed by atoms with Gasteiger partial charge >= 0.3 is 0 Å². The first-order valence-electron chi connectivity index (χ1n) is 5.22. The molecule has 2 N–H and O–H groups in total. The van der Waals surface area contributed by atoms with Gasteiger partial charge in [0.2, 0.25) is 0 Å². The lowest BCUT2D eigenvalue weighted by molar-refractivity contribution is 0.489. The molecule has 3 aromatic rings. The SMILES string of the molecule is Nc1ccc2nc(SCc3cc(Br)cs3)oc2c1. The molecule has 0 radical (unpaired) electrons. The van der Waals surface area contributed by atoms with Gasteiger partial charge in [-0.3, -0.25) is 0 Å². The van der Waals surface area contributed by atoms with Crippen LogP contribution < -0.4 is 5.73 Å². The van der Waals surface area contributed by atoms with Crippen molar-refractivity contribution in [3.8, 4) is 0 Å². The minimum atomic E-state index is 0.681. The van der Waals surface area contributed by atoms with Crippen LogP contribution in [0.3, 0.4) is 0 Å². The van der Waals surface area contributed by atoms with E-state index in [4.69, 9.17) is 10.2 Å². The third kappa shape index (κ3) is 2.55. The minimum Gasteiger partial charge on any atom is -0.431 e. The highest BCUT2D eigenvalue weighted by Crippen LogP contribution is 2.30. The predicted octanol–water partition coefficient (Wildman–Crippen LogP) is 4.53.